The second kappa shape index (κ2) is 9.26. The quantitative estimate of drug-likeness (QED) is 0.688. The van der Waals surface area contributed by atoms with Gasteiger partial charge >= 0.3 is 6.03 Å². The van der Waals surface area contributed by atoms with Gasteiger partial charge in [0.1, 0.15) is 11.5 Å². The summed E-state index contributed by atoms with van der Waals surface area (Å²) in [6, 6.07) is 4.58. The summed E-state index contributed by atoms with van der Waals surface area (Å²) in [4.78, 5) is 23.7. The molecule has 1 atom stereocenters. The van der Waals surface area contributed by atoms with Gasteiger partial charge in [-0.15, -0.1) is 10.2 Å². The maximum Gasteiger partial charge on any atom is 0.321 e. The minimum Gasteiger partial charge on any atom is -0.497 e. The molecule has 2 aromatic rings. The van der Waals surface area contributed by atoms with Crippen molar-refractivity contribution in [3.05, 3.63) is 18.2 Å². The van der Waals surface area contributed by atoms with Crippen molar-refractivity contribution in [2.45, 2.75) is 37.3 Å². The van der Waals surface area contributed by atoms with E-state index >= 15 is 0 Å². The second-order valence-electron chi connectivity index (χ2n) is 5.82. The lowest BCUT2D eigenvalue weighted by Gasteiger charge is -2.11. The van der Waals surface area contributed by atoms with Crippen LogP contribution in [0.5, 0.6) is 11.5 Å². The summed E-state index contributed by atoms with van der Waals surface area (Å²) in [5.74, 6) is 0.947. The van der Waals surface area contributed by atoms with Gasteiger partial charge in [-0.1, -0.05) is 11.8 Å². The molecule has 1 aromatic carbocycles. The standard InChI is InChI=1S/C17H22N4O5S/c1-9(2)18-16(23)19-14(22)10(3)27-17-21-20-15(26-17)12-7-6-11(24-4)8-13(12)25-5/h6-10H,1-5H3,(H2,18,19,22,23)/t10-/m1/s1. The molecule has 0 saturated heterocycles. The number of nitrogens with one attached hydrogen (secondary N) is 2. The van der Waals surface area contributed by atoms with E-state index in [-0.39, 0.29) is 17.2 Å². The fourth-order valence-electron chi connectivity index (χ4n) is 2.06. The molecule has 10 heteroatoms. The number of methoxy groups -OCH3 is 2. The van der Waals surface area contributed by atoms with Gasteiger partial charge in [-0.2, -0.15) is 0 Å². The minimum absolute atomic E-state index is 0.0706. The lowest BCUT2D eigenvalue weighted by molar-refractivity contribution is -0.119. The molecule has 3 amide bonds. The molecular formula is C17H22N4O5S. The molecule has 0 spiro atoms. The Labute approximate surface area is 161 Å². The van der Waals surface area contributed by atoms with E-state index in [4.69, 9.17) is 13.9 Å². The van der Waals surface area contributed by atoms with Crippen LogP contribution < -0.4 is 20.1 Å². The molecule has 1 aromatic heterocycles. The van der Waals surface area contributed by atoms with Crippen molar-refractivity contribution in [1.29, 1.82) is 0 Å². The highest BCUT2D eigenvalue weighted by molar-refractivity contribution is 8.00. The number of ether oxygens (including phenoxy) is 2. The molecule has 0 fully saturated rings. The summed E-state index contributed by atoms with van der Waals surface area (Å²) in [7, 11) is 3.09. The zero-order valence-electron chi connectivity index (χ0n) is 15.7. The van der Waals surface area contributed by atoms with E-state index in [0.29, 0.717) is 17.1 Å². The molecule has 0 saturated carbocycles. The fraction of sp³-hybridized carbons (Fsp3) is 0.412. The Kier molecular flexibility index (Phi) is 7.05. The van der Waals surface area contributed by atoms with Crippen LogP contribution in [0.15, 0.2) is 27.8 Å². The topological polar surface area (TPSA) is 116 Å². The fourth-order valence-corrected chi connectivity index (χ4v) is 2.74. The number of thioether (sulfide) groups is 1. The first-order valence-corrected chi connectivity index (χ1v) is 9.06. The molecule has 0 aliphatic carbocycles. The van der Waals surface area contributed by atoms with Gasteiger partial charge in [0, 0.05) is 12.1 Å². The molecule has 0 unspecified atom stereocenters. The number of hydrogen-bond donors (Lipinski definition) is 2. The highest BCUT2D eigenvalue weighted by Crippen LogP contribution is 2.34. The Balaban J connectivity index is 2.05. The molecule has 0 radical (unpaired) electrons. The number of carbonyl (C=O) groups is 2. The average Bonchev–Trinajstić information content (AvgIpc) is 3.08. The summed E-state index contributed by atoms with van der Waals surface area (Å²) in [5, 5.41) is 12.4. The molecule has 2 rings (SSSR count). The van der Waals surface area contributed by atoms with Crippen LogP contribution in [-0.4, -0.2) is 47.6 Å². The van der Waals surface area contributed by atoms with Crippen molar-refractivity contribution in [2.75, 3.05) is 14.2 Å². The second-order valence-corrected chi connectivity index (χ2v) is 7.11. The minimum atomic E-state index is -0.603. The van der Waals surface area contributed by atoms with Gasteiger partial charge in [0.25, 0.3) is 11.1 Å². The number of imide groups is 1. The number of rotatable bonds is 7. The van der Waals surface area contributed by atoms with Crippen LogP contribution in [-0.2, 0) is 4.79 Å². The van der Waals surface area contributed by atoms with Crippen molar-refractivity contribution in [3.63, 3.8) is 0 Å². The Morgan fingerprint density at radius 2 is 1.89 bits per heavy atom. The number of carbonyl (C=O) groups excluding carboxylic acids is 2. The summed E-state index contributed by atoms with van der Waals surface area (Å²) >= 11 is 1.05. The predicted molar refractivity (Wildman–Crippen MR) is 100.0 cm³/mol. The SMILES string of the molecule is COc1ccc(-c2nnc(S[C@H](C)C(=O)NC(=O)NC(C)C)o2)c(OC)c1. The van der Waals surface area contributed by atoms with Crippen molar-refractivity contribution >= 4 is 23.7 Å². The summed E-state index contributed by atoms with van der Waals surface area (Å²) < 4.78 is 16.1. The van der Waals surface area contributed by atoms with Crippen LogP contribution in [0, 0.1) is 0 Å². The van der Waals surface area contributed by atoms with E-state index in [1.165, 1.54) is 7.11 Å². The van der Waals surface area contributed by atoms with Crippen molar-refractivity contribution in [1.82, 2.24) is 20.8 Å². The summed E-state index contributed by atoms with van der Waals surface area (Å²) in [5.41, 5.74) is 0.603. The molecule has 27 heavy (non-hydrogen) atoms. The van der Waals surface area contributed by atoms with Crippen molar-refractivity contribution < 1.29 is 23.5 Å². The van der Waals surface area contributed by atoms with Gasteiger partial charge in [0.15, 0.2) is 0 Å². The van der Waals surface area contributed by atoms with E-state index in [9.17, 15) is 9.59 Å². The van der Waals surface area contributed by atoms with E-state index in [1.54, 1.807) is 46.1 Å². The predicted octanol–water partition coefficient (Wildman–Crippen LogP) is 2.47. The third kappa shape index (κ3) is 5.61. The van der Waals surface area contributed by atoms with Crippen LogP contribution in [0.2, 0.25) is 0 Å². The first kappa shape index (κ1) is 20.6. The summed E-state index contributed by atoms with van der Waals surface area (Å²) in [6.07, 6.45) is 0. The van der Waals surface area contributed by atoms with Gasteiger partial charge in [-0.05, 0) is 32.9 Å². The van der Waals surface area contributed by atoms with Gasteiger partial charge in [-0.3, -0.25) is 10.1 Å². The van der Waals surface area contributed by atoms with Crippen LogP contribution in [0.25, 0.3) is 11.5 Å². The van der Waals surface area contributed by atoms with E-state index < -0.39 is 17.2 Å². The van der Waals surface area contributed by atoms with Crippen molar-refractivity contribution in [3.8, 4) is 23.0 Å². The molecule has 2 N–H and O–H groups in total. The van der Waals surface area contributed by atoms with E-state index in [2.05, 4.69) is 20.8 Å². The third-order valence-corrected chi connectivity index (χ3v) is 4.28. The number of amides is 3. The van der Waals surface area contributed by atoms with Crippen LogP contribution in [0.1, 0.15) is 20.8 Å². The lowest BCUT2D eigenvalue weighted by Crippen LogP contribution is -2.45. The molecule has 146 valence electrons. The molecular weight excluding hydrogens is 372 g/mol. The number of nitrogens with zero attached hydrogens (tertiary/aromatic N) is 2. The van der Waals surface area contributed by atoms with Gasteiger partial charge < -0.3 is 19.2 Å². The Morgan fingerprint density at radius 3 is 2.52 bits per heavy atom. The zero-order chi connectivity index (χ0) is 20.0. The Morgan fingerprint density at radius 1 is 1.15 bits per heavy atom. The smallest absolute Gasteiger partial charge is 0.321 e. The van der Waals surface area contributed by atoms with Gasteiger partial charge in [0.2, 0.25) is 5.91 Å². The largest absolute Gasteiger partial charge is 0.497 e. The molecule has 0 aliphatic heterocycles. The monoisotopic (exact) mass is 394 g/mol. The number of urea groups is 1. The molecule has 1 heterocycles. The normalized spacial score (nSPS) is 11.8. The van der Waals surface area contributed by atoms with Gasteiger partial charge in [-0.25, -0.2) is 4.79 Å². The molecule has 0 bridgehead atoms. The van der Waals surface area contributed by atoms with Crippen molar-refractivity contribution in [2.24, 2.45) is 0 Å². The van der Waals surface area contributed by atoms with Crippen LogP contribution in [0.4, 0.5) is 4.79 Å². The average molecular weight is 394 g/mol. The van der Waals surface area contributed by atoms with Gasteiger partial charge in [0.05, 0.1) is 25.0 Å². The first-order valence-electron chi connectivity index (χ1n) is 8.18. The number of benzene rings is 1. The molecule has 0 aliphatic rings. The highest BCUT2D eigenvalue weighted by atomic mass is 32.2. The lowest BCUT2D eigenvalue weighted by atomic mass is 10.2. The van der Waals surface area contributed by atoms with E-state index in [1.807, 2.05) is 0 Å². The molecule has 9 nitrogen and oxygen atoms in total. The van der Waals surface area contributed by atoms with Crippen LogP contribution >= 0.6 is 11.8 Å². The van der Waals surface area contributed by atoms with Crippen LogP contribution in [0.3, 0.4) is 0 Å². The number of aromatic nitrogens is 2. The third-order valence-electron chi connectivity index (χ3n) is 3.35. The maximum atomic E-state index is 12.1. The first-order chi connectivity index (χ1) is 12.8. The zero-order valence-corrected chi connectivity index (χ0v) is 16.5. The Bertz CT molecular complexity index is 808. The maximum absolute atomic E-state index is 12.1. The number of hydrogen-bond acceptors (Lipinski definition) is 8. The highest BCUT2D eigenvalue weighted by Gasteiger charge is 2.21. The summed E-state index contributed by atoms with van der Waals surface area (Å²) in [6.45, 7) is 5.24. The Hall–Kier alpha value is -2.75. The van der Waals surface area contributed by atoms with E-state index in [0.717, 1.165) is 11.8 Å².